The van der Waals surface area contributed by atoms with Gasteiger partial charge in [-0.15, -0.1) is 22.7 Å². The van der Waals surface area contributed by atoms with Crippen molar-refractivity contribution < 1.29 is 4.79 Å². The molecule has 0 N–H and O–H groups in total. The lowest BCUT2D eigenvalue weighted by Crippen LogP contribution is -2.29. The minimum Gasteiger partial charge on any atom is -0.332 e. The third kappa shape index (κ3) is 5.03. The lowest BCUT2D eigenvalue weighted by atomic mass is 10.0. The van der Waals surface area contributed by atoms with Crippen LogP contribution in [0.1, 0.15) is 32.9 Å². The van der Waals surface area contributed by atoms with E-state index in [1.807, 2.05) is 17.0 Å². The van der Waals surface area contributed by atoms with Crippen molar-refractivity contribution in [3.63, 3.8) is 0 Å². The first-order valence-electron chi connectivity index (χ1n) is 8.50. The Kier molecular flexibility index (Phi) is 6.05. The van der Waals surface area contributed by atoms with Crippen LogP contribution in [0, 0.1) is 13.8 Å². The molecule has 25 heavy (non-hydrogen) atoms. The Bertz CT molecular complexity index is 770. The normalized spacial score (nSPS) is 10.8. The average Bonchev–Trinajstić information content (AvgIpc) is 3.27. The number of carbonyl (C=O) groups excluding carboxylic acids is 1. The second-order valence-corrected chi connectivity index (χ2v) is 8.40. The zero-order valence-corrected chi connectivity index (χ0v) is 16.3. The molecule has 3 rings (SSSR count). The minimum absolute atomic E-state index is 0.224. The number of aryl methyl sites for hydroxylation is 3. The number of nitrogens with zero attached hydrogens (tertiary/aromatic N) is 1. The Balaban J connectivity index is 1.67. The Morgan fingerprint density at radius 2 is 1.60 bits per heavy atom. The number of carbonyl (C=O) groups is 1. The van der Waals surface area contributed by atoms with E-state index >= 15 is 0 Å². The molecule has 0 aliphatic carbocycles. The molecule has 0 aliphatic rings. The van der Waals surface area contributed by atoms with E-state index < -0.39 is 0 Å². The van der Waals surface area contributed by atoms with Gasteiger partial charge in [0.1, 0.15) is 0 Å². The van der Waals surface area contributed by atoms with E-state index in [0.717, 1.165) is 6.42 Å². The van der Waals surface area contributed by atoms with Crippen molar-refractivity contribution in [1.82, 2.24) is 4.90 Å². The van der Waals surface area contributed by atoms with Gasteiger partial charge in [-0.1, -0.05) is 35.9 Å². The van der Waals surface area contributed by atoms with Crippen LogP contribution in [0.5, 0.6) is 0 Å². The average molecular weight is 370 g/mol. The van der Waals surface area contributed by atoms with Crippen LogP contribution in [-0.4, -0.2) is 10.8 Å². The van der Waals surface area contributed by atoms with Crippen LogP contribution in [0.2, 0.25) is 0 Å². The summed E-state index contributed by atoms with van der Waals surface area (Å²) >= 11 is 3.42. The predicted molar refractivity (Wildman–Crippen MR) is 107 cm³/mol. The summed E-state index contributed by atoms with van der Waals surface area (Å²) in [7, 11) is 0. The highest BCUT2D eigenvalue weighted by molar-refractivity contribution is 7.10. The topological polar surface area (TPSA) is 20.3 Å². The van der Waals surface area contributed by atoms with Gasteiger partial charge in [0, 0.05) is 16.2 Å². The third-order valence-electron chi connectivity index (χ3n) is 4.31. The molecule has 3 aromatic rings. The van der Waals surface area contributed by atoms with E-state index in [0.29, 0.717) is 19.5 Å². The van der Waals surface area contributed by atoms with Crippen molar-refractivity contribution in [3.05, 3.63) is 79.7 Å². The van der Waals surface area contributed by atoms with Gasteiger partial charge in [-0.2, -0.15) is 0 Å². The zero-order valence-electron chi connectivity index (χ0n) is 14.7. The van der Waals surface area contributed by atoms with Crippen LogP contribution >= 0.6 is 22.7 Å². The number of rotatable bonds is 7. The van der Waals surface area contributed by atoms with E-state index in [-0.39, 0.29) is 5.91 Å². The highest BCUT2D eigenvalue weighted by Gasteiger charge is 2.16. The molecular formula is C21H23NOS2. The molecule has 2 nitrogen and oxygen atoms in total. The Hall–Kier alpha value is -1.91. The number of hydrogen-bond acceptors (Lipinski definition) is 3. The molecule has 4 heteroatoms. The van der Waals surface area contributed by atoms with Crippen molar-refractivity contribution in [2.75, 3.05) is 0 Å². The molecule has 0 spiro atoms. The molecule has 0 radical (unpaired) electrons. The fraction of sp³-hybridized carbons (Fsp3) is 0.286. The van der Waals surface area contributed by atoms with Gasteiger partial charge in [0.15, 0.2) is 0 Å². The molecule has 2 aromatic heterocycles. The SMILES string of the molecule is Cc1ccc(CCC(=O)N(Cc2cccs2)Cc2cccs2)c(C)c1. The van der Waals surface area contributed by atoms with Crippen LogP contribution in [0.4, 0.5) is 0 Å². The lowest BCUT2D eigenvalue weighted by molar-refractivity contribution is -0.132. The molecule has 0 atom stereocenters. The summed E-state index contributed by atoms with van der Waals surface area (Å²) in [6.45, 7) is 5.62. The van der Waals surface area contributed by atoms with Gasteiger partial charge in [-0.05, 0) is 54.3 Å². The second kappa shape index (κ2) is 8.45. The van der Waals surface area contributed by atoms with Gasteiger partial charge in [0.2, 0.25) is 5.91 Å². The molecule has 1 aromatic carbocycles. The maximum absolute atomic E-state index is 12.9. The Morgan fingerprint density at radius 1 is 0.960 bits per heavy atom. The zero-order chi connectivity index (χ0) is 17.6. The molecular weight excluding hydrogens is 346 g/mol. The number of amides is 1. The molecule has 0 saturated carbocycles. The summed E-state index contributed by atoms with van der Waals surface area (Å²) in [5.74, 6) is 0.224. The number of thiophene rings is 2. The lowest BCUT2D eigenvalue weighted by Gasteiger charge is -2.22. The van der Waals surface area contributed by atoms with Crippen LogP contribution in [0.25, 0.3) is 0 Å². The molecule has 0 aliphatic heterocycles. The maximum Gasteiger partial charge on any atom is 0.223 e. The molecule has 0 saturated heterocycles. The Morgan fingerprint density at radius 3 is 2.12 bits per heavy atom. The van der Waals surface area contributed by atoms with E-state index in [1.165, 1.54) is 26.4 Å². The number of benzene rings is 1. The molecule has 0 bridgehead atoms. The number of hydrogen-bond donors (Lipinski definition) is 0. The maximum atomic E-state index is 12.9. The van der Waals surface area contributed by atoms with Crippen molar-refractivity contribution in [2.45, 2.75) is 39.8 Å². The van der Waals surface area contributed by atoms with Crippen LogP contribution in [0.15, 0.2) is 53.2 Å². The first-order chi connectivity index (χ1) is 12.1. The van der Waals surface area contributed by atoms with Crippen molar-refractivity contribution >= 4 is 28.6 Å². The smallest absolute Gasteiger partial charge is 0.223 e. The molecule has 0 fully saturated rings. The van der Waals surface area contributed by atoms with E-state index in [4.69, 9.17) is 0 Å². The molecule has 2 heterocycles. The fourth-order valence-electron chi connectivity index (χ4n) is 2.94. The van der Waals surface area contributed by atoms with E-state index in [1.54, 1.807) is 22.7 Å². The van der Waals surface area contributed by atoms with Crippen molar-refractivity contribution in [1.29, 1.82) is 0 Å². The fourth-order valence-corrected chi connectivity index (χ4v) is 4.38. The quantitative estimate of drug-likeness (QED) is 0.532. The standard InChI is InChI=1S/C21H23NOS2/c1-16-7-8-18(17(2)13-16)9-10-21(23)22(14-19-5-3-11-24-19)15-20-6-4-12-25-20/h3-8,11-13H,9-10,14-15H2,1-2H3. The predicted octanol–water partition coefficient (Wildman–Crippen LogP) is 5.59. The van der Waals surface area contributed by atoms with E-state index in [9.17, 15) is 4.79 Å². The van der Waals surface area contributed by atoms with Crippen LogP contribution < -0.4 is 0 Å². The minimum atomic E-state index is 0.224. The van der Waals surface area contributed by atoms with Crippen molar-refractivity contribution in [2.24, 2.45) is 0 Å². The van der Waals surface area contributed by atoms with Gasteiger partial charge in [-0.3, -0.25) is 4.79 Å². The summed E-state index contributed by atoms with van der Waals surface area (Å²) in [6.07, 6.45) is 1.36. The molecule has 1 amide bonds. The summed E-state index contributed by atoms with van der Waals surface area (Å²) in [4.78, 5) is 17.3. The summed E-state index contributed by atoms with van der Waals surface area (Å²) in [5, 5.41) is 4.14. The molecule has 0 unspecified atom stereocenters. The first-order valence-corrected chi connectivity index (χ1v) is 10.3. The van der Waals surface area contributed by atoms with Crippen LogP contribution in [0.3, 0.4) is 0 Å². The van der Waals surface area contributed by atoms with Gasteiger partial charge >= 0.3 is 0 Å². The highest BCUT2D eigenvalue weighted by atomic mass is 32.1. The Labute approximate surface area is 157 Å². The van der Waals surface area contributed by atoms with E-state index in [2.05, 4.69) is 54.9 Å². The summed E-state index contributed by atoms with van der Waals surface area (Å²) in [5.41, 5.74) is 3.81. The third-order valence-corrected chi connectivity index (χ3v) is 6.03. The van der Waals surface area contributed by atoms with Gasteiger partial charge in [0.05, 0.1) is 13.1 Å². The second-order valence-electron chi connectivity index (χ2n) is 6.34. The van der Waals surface area contributed by atoms with Gasteiger partial charge in [0.25, 0.3) is 0 Å². The van der Waals surface area contributed by atoms with Gasteiger partial charge in [-0.25, -0.2) is 0 Å². The first kappa shape index (κ1) is 17.9. The summed E-state index contributed by atoms with van der Waals surface area (Å²) < 4.78 is 0. The molecule has 130 valence electrons. The largest absolute Gasteiger partial charge is 0.332 e. The van der Waals surface area contributed by atoms with Gasteiger partial charge < -0.3 is 4.90 Å². The monoisotopic (exact) mass is 369 g/mol. The van der Waals surface area contributed by atoms with Crippen molar-refractivity contribution in [3.8, 4) is 0 Å². The van der Waals surface area contributed by atoms with Crippen LogP contribution in [-0.2, 0) is 24.3 Å². The highest BCUT2D eigenvalue weighted by Crippen LogP contribution is 2.19. The summed E-state index contributed by atoms with van der Waals surface area (Å²) in [6, 6.07) is 14.8.